The van der Waals surface area contributed by atoms with Crippen molar-refractivity contribution in [2.75, 3.05) is 29.9 Å². The summed E-state index contributed by atoms with van der Waals surface area (Å²) in [5.74, 6) is 0.756. The minimum atomic E-state index is -0.401. The first-order valence-corrected chi connectivity index (χ1v) is 6.98. The molecule has 1 aromatic carbocycles. The quantitative estimate of drug-likeness (QED) is 0.906. The lowest BCUT2D eigenvalue weighted by Crippen LogP contribution is -2.34. The average Bonchev–Trinajstić information content (AvgIpc) is 2.40. The molecule has 4 nitrogen and oxygen atoms in total. The molecule has 0 spiro atoms. The smallest absolute Gasteiger partial charge is 0.411 e. The van der Waals surface area contributed by atoms with E-state index >= 15 is 0 Å². The van der Waals surface area contributed by atoms with Gasteiger partial charge in [-0.2, -0.15) is 0 Å². The Morgan fingerprint density at radius 1 is 1.42 bits per heavy atom. The number of piperidine rings is 1. The van der Waals surface area contributed by atoms with E-state index in [9.17, 15) is 4.79 Å². The van der Waals surface area contributed by atoms with Gasteiger partial charge in [-0.05, 0) is 49.9 Å². The van der Waals surface area contributed by atoms with E-state index in [-0.39, 0.29) is 0 Å². The van der Waals surface area contributed by atoms with Crippen LogP contribution in [0.1, 0.15) is 26.7 Å². The molecule has 1 fully saturated rings. The van der Waals surface area contributed by atoms with Crippen molar-refractivity contribution < 1.29 is 9.53 Å². The minimum Gasteiger partial charge on any atom is -0.450 e. The van der Waals surface area contributed by atoms with Gasteiger partial charge in [-0.15, -0.1) is 0 Å². The standard InChI is InChI=1S/C15H22N2O2/c1-3-19-15(18)16-13-6-8-14(9-7-13)17-10-4-5-12(2)11-17/h6-9,12H,3-5,10-11H2,1-2H3,(H,16,18). The number of amides is 1. The Balaban J connectivity index is 1.96. The normalized spacial score (nSPS) is 19.1. The summed E-state index contributed by atoms with van der Waals surface area (Å²) in [7, 11) is 0. The molecule has 0 saturated carbocycles. The Labute approximate surface area is 114 Å². The van der Waals surface area contributed by atoms with Crippen molar-refractivity contribution in [3.8, 4) is 0 Å². The molecule has 104 valence electrons. The van der Waals surface area contributed by atoms with E-state index in [1.807, 2.05) is 12.1 Å². The third-order valence-corrected chi connectivity index (χ3v) is 3.41. The number of ether oxygens (including phenoxy) is 1. The fraction of sp³-hybridized carbons (Fsp3) is 0.533. The summed E-state index contributed by atoms with van der Waals surface area (Å²) in [6, 6.07) is 7.95. The van der Waals surface area contributed by atoms with Crippen molar-refractivity contribution >= 4 is 17.5 Å². The Hall–Kier alpha value is -1.71. The predicted molar refractivity (Wildman–Crippen MR) is 77.7 cm³/mol. The number of carbonyl (C=O) groups is 1. The molecule has 1 aromatic rings. The maximum atomic E-state index is 11.3. The second-order valence-corrected chi connectivity index (χ2v) is 5.09. The van der Waals surface area contributed by atoms with Gasteiger partial charge in [0.15, 0.2) is 0 Å². The second kappa shape index (κ2) is 6.45. The van der Waals surface area contributed by atoms with Crippen molar-refractivity contribution in [1.82, 2.24) is 0 Å². The van der Waals surface area contributed by atoms with Gasteiger partial charge in [0, 0.05) is 24.5 Å². The van der Waals surface area contributed by atoms with Crippen LogP contribution in [-0.4, -0.2) is 25.8 Å². The summed E-state index contributed by atoms with van der Waals surface area (Å²) in [6.45, 7) is 6.71. The van der Waals surface area contributed by atoms with Crippen molar-refractivity contribution in [3.05, 3.63) is 24.3 Å². The van der Waals surface area contributed by atoms with Gasteiger partial charge in [0.1, 0.15) is 0 Å². The van der Waals surface area contributed by atoms with Crippen LogP contribution >= 0.6 is 0 Å². The fourth-order valence-corrected chi connectivity index (χ4v) is 2.46. The highest BCUT2D eigenvalue weighted by molar-refractivity contribution is 5.84. The first kappa shape index (κ1) is 13.7. The van der Waals surface area contributed by atoms with Crippen LogP contribution in [0.3, 0.4) is 0 Å². The maximum Gasteiger partial charge on any atom is 0.411 e. The van der Waals surface area contributed by atoms with Crippen molar-refractivity contribution in [2.24, 2.45) is 5.92 Å². The Morgan fingerprint density at radius 3 is 2.79 bits per heavy atom. The second-order valence-electron chi connectivity index (χ2n) is 5.09. The molecule has 1 unspecified atom stereocenters. The number of rotatable bonds is 3. The minimum absolute atomic E-state index is 0.385. The van der Waals surface area contributed by atoms with Crippen LogP contribution < -0.4 is 10.2 Å². The maximum absolute atomic E-state index is 11.3. The van der Waals surface area contributed by atoms with Crippen LogP contribution in [0.5, 0.6) is 0 Å². The largest absolute Gasteiger partial charge is 0.450 e. The van der Waals surface area contributed by atoms with Crippen molar-refractivity contribution in [1.29, 1.82) is 0 Å². The summed E-state index contributed by atoms with van der Waals surface area (Å²) >= 11 is 0. The van der Waals surface area contributed by atoms with Crippen LogP contribution in [-0.2, 0) is 4.74 Å². The van der Waals surface area contributed by atoms with Crippen LogP contribution in [0.25, 0.3) is 0 Å². The average molecular weight is 262 g/mol. The first-order chi connectivity index (χ1) is 9.19. The van der Waals surface area contributed by atoms with Gasteiger partial charge < -0.3 is 9.64 Å². The summed E-state index contributed by atoms with van der Waals surface area (Å²) in [6.07, 6.45) is 2.17. The SMILES string of the molecule is CCOC(=O)Nc1ccc(N2CCCC(C)C2)cc1. The highest BCUT2D eigenvalue weighted by Gasteiger charge is 2.16. The van der Waals surface area contributed by atoms with E-state index in [2.05, 4.69) is 29.3 Å². The Morgan fingerprint density at radius 2 is 2.16 bits per heavy atom. The van der Waals surface area contributed by atoms with Crippen LogP contribution in [0.4, 0.5) is 16.2 Å². The van der Waals surface area contributed by atoms with Gasteiger partial charge in [-0.25, -0.2) is 4.79 Å². The zero-order valence-corrected chi connectivity index (χ0v) is 11.7. The molecule has 1 N–H and O–H groups in total. The molecule has 19 heavy (non-hydrogen) atoms. The monoisotopic (exact) mass is 262 g/mol. The molecule has 1 amide bonds. The van der Waals surface area contributed by atoms with Gasteiger partial charge in [-0.1, -0.05) is 6.92 Å². The topological polar surface area (TPSA) is 41.6 Å². The molecule has 0 radical (unpaired) electrons. The number of anilines is 2. The molecule has 4 heteroatoms. The molecule has 1 saturated heterocycles. The van der Waals surface area contributed by atoms with Gasteiger partial charge in [0.05, 0.1) is 6.61 Å². The number of hydrogen-bond donors (Lipinski definition) is 1. The van der Waals surface area contributed by atoms with Crippen LogP contribution in [0.2, 0.25) is 0 Å². The highest BCUT2D eigenvalue weighted by Crippen LogP contribution is 2.24. The lowest BCUT2D eigenvalue weighted by molar-refractivity contribution is 0.168. The summed E-state index contributed by atoms with van der Waals surface area (Å²) in [4.78, 5) is 13.7. The zero-order valence-electron chi connectivity index (χ0n) is 11.7. The number of nitrogens with zero attached hydrogens (tertiary/aromatic N) is 1. The third kappa shape index (κ3) is 3.88. The predicted octanol–water partition coefficient (Wildman–Crippen LogP) is 3.49. The van der Waals surface area contributed by atoms with Crippen molar-refractivity contribution in [2.45, 2.75) is 26.7 Å². The number of carbonyl (C=O) groups excluding carboxylic acids is 1. The van der Waals surface area contributed by atoms with Crippen molar-refractivity contribution in [3.63, 3.8) is 0 Å². The van der Waals surface area contributed by atoms with E-state index < -0.39 is 6.09 Å². The van der Waals surface area contributed by atoms with Crippen LogP contribution in [0.15, 0.2) is 24.3 Å². The summed E-state index contributed by atoms with van der Waals surface area (Å²) in [5.41, 5.74) is 1.99. The van der Waals surface area contributed by atoms with E-state index in [4.69, 9.17) is 4.74 Å². The van der Waals surface area contributed by atoms with Gasteiger partial charge in [0.25, 0.3) is 0 Å². The summed E-state index contributed by atoms with van der Waals surface area (Å²) < 4.78 is 4.85. The van der Waals surface area contributed by atoms with E-state index in [0.717, 1.165) is 24.7 Å². The highest BCUT2D eigenvalue weighted by atomic mass is 16.5. The van der Waals surface area contributed by atoms with Gasteiger partial charge in [-0.3, -0.25) is 5.32 Å². The zero-order chi connectivity index (χ0) is 13.7. The Kier molecular flexibility index (Phi) is 4.66. The Bertz CT molecular complexity index is 417. The lowest BCUT2D eigenvalue weighted by Gasteiger charge is -2.32. The fourth-order valence-electron chi connectivity index (χ4n) is 2.46. The molecular formula is C15H22N2O2. The molecule has 1 heterocycles. The molecular weight excluding hydrogens is 240 g/mol. The van der Waals surface area contributed by atoms with E-state index in [1.165, 1.54) is 18.5 Å². The van der Waals surface area contributed by atoms with Gasteiger partial charge >= 0.3 is 6.09 Å². The number of benzene rings is 1. The first-order valence-electron chi connectivity index (χ1n) is 6.98. The molecule has 1 aliphatic heterocycles. The van der Waals surface area contributed by atoms with Crippen LogP contribution in [0, 0.1) is 5.92 Å². The van der Waals surface area contributed by atoms with E-state index in [1.54, 1.807) is 6.92 Å². The third-order valence-electron chi connectivity index (χ3n) is 3.41. The summed E-state index contributed by atoms with van der Waals surface area (Å²) in [5, 5.41) is 2.70. The molecule has 0 bridgehead atoms. The van der Waals surface area contributed by atoms with E-state index in [0.29, 0.717) is 6.61 Å². The molecule has 0 aliphatic carbocycles. The number of hydrogen-bond acceptors (Lipinski definition) is 3. The molecule has 1 atom stereocenters. The molecule has 2 rings (SSSR count). The number of nitrogens with one attached hydrogen (secondary N) is 1. The van der Waals surface area contributed by atoms with Gasteiger partial charge in [0.2, 0.25) is 0 Å². The molecule has 1 aliphatic rings. The lowest BCUT2D eigenvalue weighted by atomic mass is 10.00. The molecule has 0 aromatic heterocycles.